The van der Waals surface area contributed by atoms with E-state index in [4.69, 9.17) is 9.97 Å². The smallest absolute Gasteiger partial charge is 0.278 e. The first-order valence-corrected chi connectivity index (χ1v) is 10.5. The van der Waals surface area contributed by atoms with Crippen molar-refractivity contribution in [2.75, 3.05) is 11.9 Å². The van der Waals surface area contributed by atoms with Crippen molar-refractivity contribution >= 4 is 28.3 Å². The van der Waals surface area contributed by atoms with Crippen molar-refractivity contribution in [1.29, 1.82) is 0 Å². The van der Waals surface area contributed by atoms with Crippen LogP contribution in [0.2, 0.25) is 0 Å². The van der Waals surface area contributed by atoms with Gasteiger partial charge in [0.2, 0.25) is 5.95 Å². The van der Waals surface area contributed by atoms with Crippen molar-refractivity contribution in [3.63, 3.8) is 0 Å². The third-order valence-electron chi connectivity index (χ3n) is 5.17. The van der Waals surface area contributed by atoms with E-state index < -0.39 is 0 Å². The van der Waals surface area contributed by atoms with Gasteiger partial charge in [0.25, 0.3) is 5.56 Å². The van der Waals surface area contributed by atoms with Crippen LogP contribution in [0.5, 0.6) is 0 Å². The number of rotatable bonds is 6. The maximum Gasteiger partial charge on any atom is 0.278 e. The highest BCUT2D eigenvalue weighted by atomic mass is 32.1. The summed E-state index contributed by atoms with van der Waals surface area (Å²) in [5, 5.41) is 8.16. The molecule has 3 aromatic heterocycles. The summed E-state index contributed by atoms with van der Waals surface area (Å²) in [5.41, 5.74) is 3.81. The molecule has 1 unspecified atom stereocenters. The van der Waals surface area contributed by atoms with E-state index in [0.29, 0.717) is 23.5 Å². The Kier molecular flexibility index (Phi) is 5.19. The van der Waals surface area contributed by atoms with Crippen LogP contribution in [0.3, 0.4) is 0 Å². The van der Waals surface area contributed by atoms with Gasteiger partial charge in [0, 0.05) is 23.4 Å². The first-order chi connectivity index (χ1) is 14.0. The van der Waals surface area contributed by atoms with Crippen molar-refractivity contribution in [2.24, 2.45) is 0 Å². The summed E-state index contributed by atoms with van der Waals surface area (Å²) in [6, 6.07) is 10.2. The van der Waals surface area contributed by atoms with Crippen molar-refractivity contribution < 1.29 is 0 Å². The normalized spacial score (nSPS) is 12.4. The number of hydrogen-bond acceptors (Lipinski definition) is 6. The summed E-state index contributed by atoms with van der Waals surface area (Å²) in [4.78, 5) is 27.9. The zero-order chi connectivity index (χ0) is 20.5. The number of thiazole rings is 1. The first-order valence-electron chi connectivity index (χ1n) is 9.69. The number of nitrogens with zero attached hydrogens (tertiary/aromatic N) is 4. The van der Waals surface area contributed by atoms with Gasteiger partial charge < -0.3 is 4.90 Å². The first kappa shape index (κ1) is 19.3. The standard InChI is InChI=1S/C21H24N6OS/c1-5-12(2)16-17-18(26-25-16)19(28)24-21(23-17)27(4)11-15-13(3)22-20(29-15)14-9-7-6-8-10-14/h6-10,12H,5,11H2,1-4H3,(H,25,26)(H,23,24,28). The number of nitrogens with one attached hydrogen (secondary N) is 2. The molecule has 0 amide bonds. The van der Waals surface area contributed by atoms with Gasteiger partial charge in [0.05, 0.1) is 17.9 Å². The van der Waals surface area contributed by atoms with Crippen molar-refractivity contribution in [1.82, 2.24) is 25.1 Å². The molecule has 0 radical (unpaired) electrons. The van der Waals surface area contributed by atoms with Crippen LogP contribution < -0.4 is 10.5 Å². The minimum Gasteiger partial charge on any atom is -0.340 e. The van der Waals surface area contributed by atoms with E-state index in [2.05, 4.69) is 41.2 Å². The molecule has 0 spiro atoms. The van der Waals surface area contributed by atoms with E-state index in [0.717, 1.165) is 33.3 Å². The molecule has 3 heterocycles. The fraction of sp³-hybridized carbons (Fsp3) is 0.333. The number of benzene rings is 1. The second kappa shape index (κ2) is 7.79. The lowest BCUT2D eigenvalue weighted by atomic mass is 10.0. The quantitative estimate of drug-likeness (QED) is 0.498. The molecule has 1 atom stereocenters. The summed E-state index contributed by atoms with van der Waals surface area (Å²) in [5.74, 6) is 0.760. The van der Waals surface area contributed by atoms with Crippen LogP contribution in [0.15, 0.2) is 35.1 Å². The number of aromatic amines is 2. The van der Waals surface area contributed by atoms with Gasteiger partial charge in [-0.1, -0.05) is 44.2 Å². The molecule has 0 fully saturated rings. The van der Waals surface area contributed by atoms with Crippen LogP contribution in [0.4, 0.5) is 5.95 Å². The average Bonchev–Trinajstić information content (AvgIpc) is 3.32. The Hall–Kier alpha value is -3.00. The van der Waals surface area contributed by atoms with E-state index >= 15 is 0 Å². The molecule has 2 N–H and O–H groups in total. The van der Waals surface area contributed by atoms with Gasteiger partial charge in [0.1, 0.15) is 16.0 Å². The Balaban J connectivity index is 1.65. The number of aromatic nitrogens is 5. The molecule has 0 saturated carbocycles. The fourth-order valence-corrected chi connectivity index (χ4v) is 4.33. The maximum atomic E-state index is 12.5. The molecule has 7 nitrogen and oxygen atoms in total. The lowest BCUT2D eigenvalue weighted by molar-refractivity contribution is 0.707. The summed E-state index contributed by atoms with van der Waals surface area (Å²) in [6.07, 6.45) is 0.932. The minimum absolute atomic E-state index is 0.204. The van der Waals surface area contributed by atoms with Gasteiger partial charge in [-0.25, -0.2) is 9.97 Å². The van der Waals surface area contributed by atoms with Crippen LogP contribution in [0, 0.1) is 6.92 Å². The Bertz CT molecular complexity index is 1190. The molecule has 0 aliphatic rings. The van der Waals surface area contributed by atoms with Gasteiger partial charge in [-0.05, 0) is 13.3 Å². The number of fused-ring (bicyclic) bond motifs is 1. The lowest BCUT2D eigenvalue weighted by Gasteiger charge is -2.17. The highest BCUT2D eigenvalue weighted by Crippen LogP contribution is 2.29. The minimum atomic E-state index is -0.204. The Morgan fingerprint density at radius 1 is 1.21 bits per heavy atom. The molecule has 0 aliphatic carbocycles. The third kappa shape index (κ3) is 3.67. The molecule has 1 aromatic carbocycles. The third-order valence-corrected chi connectivity index (χ3v) is 6.36. The van der Waals surface area contributed by atoms with Crippen LogP contribution in [0.1, 0.15) is 42.5 Å². The predicted molar refractivity (Wildman–Crippen MR) is 118 cm³/mol. The van der Waals surface area contributed by atoms with Crippen molar-refractivity contribution in [2.45, 2.75) is 39.7 Å². The zero-order valence-electron chi connectivity index (χ0n) is 17.0. The number of anilines is 1. The summed E-state index contributed by atoms with van der Waals surface area (Å²) in [6.45, 7) is 6.82. The van der Waals surface area contributed by atoms with Gasteiger partial charge in [-0.2, -0.15) is 5.10 Å². The molecule has 4 rings (SSSR count). The lowest BCUT2D eigenvalue weighted by Crippen LogP contribution is -2.22. The highest BCUT2D eigenvalue weighted by Gasteiger charge is 2.18. The van der Waals surface area contributed by atoms with Crippen molar-refractivity contribution in [3.05, 3.63) is 57.0 Å². The number of aryl methyl sites for hydroxylation is 1. The van der Waals surface area contributed by atoms with E-state index in [1.165, 1.54) is 0 Å². The van der Waals surface area contributed by atoms with E-state index in [9.17, 15) is 4.79 Å². The number of hydrogen-bond donors (Lipinski definition) is 2. The molecule has 150 valence electrons. The maximum absolute atomic E-state index is 12.5. The predicted octanol–water partition coefficient (Wildman–Crippen LogP) is 4.23. The van der Waals surface area contributed by atoms with Gasteiger partial charge in [-0.3, -0.25) is 14.9 Å². The van der Waals surface area contributed by atoms with Gasteiger partial charge in [0.15, 0.2) is 0 Å². The second-order valence-electron chi connectivity index (χ2n) is 7.28. The second-order valence-corrected chi connectivity index (χ2v) is 8.36. The van der Waals surface area contributed by atoms with Crippen LogP contribution >= 0.6 is 11.3 Å². The summed E-state index contributed by atoms with van der Waals surface area (Å²) >= 11 is 1.67. The molecule has 0 aliphatic heterocycles. The monoisotopic (exact) mass is 408 g/mol. The van der Waals surface area contributed by atoms with Crippen LogP contribution in [-0.2, 0) is 6.54 Å². The number of H-pyrrole nitrogens is 2. The molecule has 4 aromatic rings. The molecule has 0 bridgehead atoms. The van der Waals surface area contributed by atoms with Gasteiger partial charge in [-0.15, -0.1) is 11.3 Å². The summed E-state index contributed by atoms with van der Waals surface area (Å²) in [7, 11) is 1.93. The Labute approximate surface area is 172 Å². The Morgan fingerprint density at radius 3 is 2.69 bits per heavy atom. The molecule has 8 heteroatoms. The highest BCUT2D eigenvalue weighted by molar-refractivity contribution is 7.15. The average molecular weight is 409 g/mol. The molecular formula is C21H24N6OS. The topological polar surface area (TPSA) is 90.6 Å². The Morgan fingerprint density at radius 2 is 1.97 bits per heavy atom. The fourth-order valence-electron chi connectivity index (χ4n) is 3.21. The van der Waals surface area contributed by atoms with Crippen LogP contribution in [0.25, 0.3) is 21.6 Å². The summed E-state index contributed by atoms with van der Waals surface area (Å²) < 4.78 is 0. The molecular weight excluding hydrogens is 384 g/mol. The molecule has 29 heavy (non-hydrogen) atoms. The van der Waals surface area contributed by atoms with Gasteiger partial charge >= 0.3 is 0 Å². The van der Waals surface area contributed by atoms with Crippen LogP contribution in [-0.4, -0.2) is 32.2 Å². The van der Waals surface area contributed by atoms with Crippen molar-refractivity contribution in [3.8, 4) is 10.6 Å². The van der Waals surface area contributed by atoms with E-state index in [1.54, 1.807) is 11.3 Å². The zero-order valence-corrected chi connectivity index (χ0v) is 17.8. The molecule has 0 saturated heterocycles. The SMILES string of the molecule is CCC(C)c1n[nH]c2c(=O)[nH]c(N(C)Cc3sc(-c4ccccc4)nc3C)nc12. The van der Waals surface area contributed by atoms with E-state index in [1.807, 2.05) is 37.1 Å². The van der Waals surface area contributed by atoms with E-state index in [-0.39, 0.29) is 11.5 Å². The largest absolute Gasteiger partial charge is 0.340 e.